The van der Waals surface area contributed by atoms with Gasteiger partial charge in [0.2, 0.25) is 11.8 Å². The number of rotatable bonds is 2. The van der Waals surface area contributed by atoms with Crippen LogP contribution in [0, 0.1) is 12.8 Å². The fourth-order valence-electron chi connectivity index (χ4n) is 3.71. The lowest BCUT2D eigenvalue weighted by atomic mass is 9.84. The first-order valence-electron chi connectivity index (χ1n) is 8.16. The highest BCUT2D eigenvalue weighted by molar-refractivity contribution is 5.79. The van der Waals surface area contributed by atoms with Crippen LogP contribution in [0.25, 0.3) is 0 Å². The Morgan fingerprint density at radius 3 is 2.68 bits per heavy atom. The molecule has 2 aliphatic rings. The zero-order chi connectivity index (χ0) is 15.7. The van der Waals surface area contributed by atoms with E-state index in [1.54, 1.807) is 6.20 Å². The lowest BCUT2D eigenvalue weighted by molar-refractivity contribution is -0.143. The summed E-state index contributed by atoms with van der Waals surface area (Å²) >= 11 is 0. The van der Waals surface area contributed by atoms with Gasteiger partial charge in [0, 0.05) is 25.3 Å². The van der Waals surface area contributed by atoms with E-state index >= 15 is 0 Å². The fourth-order valence-corrected chi connectivity index (χ4v) is 3.71. The normalized spacial score (nSPS) is 26.1. The van der Waals surface area contributed by atoms with E-state index in [-0.39, 0.29) is 30.7 Å². The van der Waals surface area contributed by atoms with Crippen molar-refractivity contribution in [2.24, 2.45) is 5.92 Å². The van der Waals surface area contributed by atoms with Gasteiger partial charge in [0.05, 0.1) is 17.9 Å². The average Bonchev–Trinajstić information content (AvgIpc) is 2.92. The molecule has 122 valence electrons. The average molecular weight is 311 g/mol. The molecule has 2 heterocycles. The third-order valence-corrected chi connectivity index (χ3v) is 5.05. The standard InChI is InChI=1S/C16H23F2N3O/c1-11-10-19-20-14(11)13-4-2-3-9-21(13)15(22)12-5-7-16(17,18)8-6-12/h10,12-13H,2-9H2,1H3,(H,19,20)/t13-/m0/s1. The van der Waals surface area contributed by atoms with Crippen molar-refractivity contribution in [3.05, 3.63) is 17.5 Å². The number of halogens is 2. The molecule has 22 heavy (non-hydrogen) atoms. The van der Waals surface area contributed by atoms with E-state index in [2.05, 4.69) is 10.2 Å². The maximum absolute atomic E-state index is 13.3. The number of aromatic amines is 1. The van der Waals surface area contributed by atoms with E-state index in [1.807, 2.05) is 11.8 Å². The number of carbonyl (C=O) groups is 1. The van der Waals surface area contributed by atoms with Gasteiger partial charge in [-0.05, 0) is 44.6 Å². The van der Waals surface area contributed by atoms with Crippen LogP contribution in [-0.2, 0) is 4.79 Å². The molecule has 0 unspecified atom stereocenters. The van der Waals surface area contributed by atoms with Gasteiger partial charge in [-0.3, -0.25) is 9.89 Å². The van der Waals surface area contributed by atoms with Crippen molar-refractivity contribution in [3.8, 4) is 0 Å². The van der Waals surface area contributed by atoms with Crippen molar-refractivity contribution >= 4 is 5.91 Å². The van der Waals surface area contributed by atoms with Crippen molar-refractivity contribution in [1.29, 1.82) is 0 Å². The molecule has 1 saturated carbocycles. The lowest BCUT2D eigenvalue weighted by Crippen LogP contribution is -2.44. The van der Waals surface area contributed by atoms with Gasteiger partial charge in [0.1, 0.15) is 0 Å². The largest absolute Gasteiger partial charge is 0.334 e. The summed E-state index contributed by atoms with van der Waals surface area (Å²) in [5, 5.41) is 7.07. The van der Waals surface area contributed by atoms with Crippen LogP contribution < -0.4 is 0 Å². The summed E-state index contributed by atoms with van der Waals surface area (Å²) in [6.45, 7) is 2.70. The van der Waals surface area contributed by atoms with Gasteiger partial charge in [0.15, 0.2) is 0 Å². The first-order valence-corrected chi connectivity index (χ1v) is 8.16. The number of nitrogens with zero attached hydrogens (tertiary/aromatic N) is 2. The highest BCUT2D eigenvalue weighted by Gasteiger charge is 2.40. The first kappa shape index (κ1) is 15.4. The molecule has 0 radical (unpaired) electrons. The van der Waals surface area contributed by atoms with Crippen LogP contribution in [0.3, 0.4) is 0 Å². The number of alkyl halides is 2. The number of carbonyl (C=O) groups excluding carboxylic acids is 1. The molecule has 1 saturated heterocycles. The van der Waals surface area contributed by atoms with E-state index in [1.165, 1.54) is 0 Å². The molecular formula is C16H23F2N3O. The second-order valence-corrected chi connectivity index (χ2v) is 6.64. The number of H-pyrrole nitrogens is 1. The molecule has 0 aromatic carbocycles. The fraction of sp³-hybridized carbons (Fsp3) is 0.750. The Morgan fingerprint density at radius 2 is 2.05 bits per heavy atom. The summed E-state index contributed by atoms with van der Waals surface area (Å²) in [7, 11) is 0. The molecule has 4 nitrogen and oxygen atoms in total. The zero-order valence-electron chi connectivity index (χ0n) is 12.9. The number of piperidine rings is 1. The SMILES string of the molecule is Cc1cn[nH]c1[C@@H]1CCCCN1C(=O)C1CCC(F)(F)CC1. The number of hydrogen-bond acceptors (Lipinski definition) is 2. The van der Waals surface area contributed by atoms with Crippen LogP contribution in [0.2, 0.25) is 0 Å². The molecule has 6 heteroatoms. The van der Waals surface area contributed by atoms with Crippen molar-refractivity contribution in [2.75, 3.05) is 6.54 Å². The predicted octanol–water partition coefficient (Wildman–Crippen LogP) is 3.60. The summed E-state index contributed by atoms with van der Waals surface area (Å²) in [4.78, 5) is 14.7. The van der Waals surface area contributed by atoms with Crippen molar-refractivity contribution in [3.63, 3.8) is 0 Å². The number of aromatic nitrogens is 2. The third-order valence-electron chi connectivity index (χ3n) is 5.05. The van der Waals surface area contributed by atoms with E-state index in [0.29, 0.717) is 12.8 Å². The summed E-state index contributed by atoms with van der Waals surface area (Å²) in [6.07, 6.45) is 5.03. The highest BCUT2D eigenvalue weighted by Crippen LogP contribution is 2.39. The van der Waals surface area contributed by atoms with Gasteiger partial charge >= 0.3 is 0 Å². The molecule has 1 atom stereocenters. The number of hydrogen-bond donors (Lipinski definition) is 1. The van der Waals surface area contributed by atoms with Crippen molar-refractivity contribution in [1.82, 2.24) is 15.1 Å². The molecule has 1 aliphatic heterocycles. The third kappa shape index (κ3) is 3.01. The summed E-state index contributed by atoms with van der Waals surface area (Å²) in [5.41, 5.74) is 2.05. The minimum absolute atomic E-state index is 0.0196. The molecule has 0 bridgehead atoms. The number of likely N-dealkylation sites (tertiary alicyclic amines) is 1. The Morgan fingerprint density at radius 1 is 1.32 bits per heavy atom. The molecule has 1 amide bonds. The Kier molecular flexibility index (Phi) is 4.19. The number of nitrogens with one attached hydrogen (secondary N) is 1. The minimum Gasteiger partial charge on any atom is -0.334 e. The van der Waals surface area contributed by atoms with Crippen LogP contribution >= 0.6 is 0 Å². The number of aryl methyl sites for hydroxylation is 1. The molecule has 3 rings (SSSR count). The van der Waals surface area contributed by atoms with Gasteiger partial charge in [-0.15, -0.1) is 0 Å². The van der Waals surface area contributed by atoms with Crippen LogP contribution in [0.15, 0.2) is 6.20 Å². The highest BCUT2D eigenvalue weighted by atomic mass is 19.3. The van der Waals surface area contributed by atoms with Gasteiger partial charge in [-0.1, -0.05) is 0 Å². The lowest BCUT2D eigenvalue weighted by Gasteiger charge is -2.39. The van der Waals surface area contributed by atoms with Crippen LogP contribution in [0.5, 0.6) is 0 Å². The van der Waals surface area contributed by atoms with Gasteiger partial charge in [0.25, 0.3) is 0 Å². The van der Waals surface area contributed by atoms with E-state index in [0.717, 1.165) is 37.1 Å². The molecular weight excluding hydrogens is 288 g/mol. The van der Waals surface area contributed by atoms with Crippen LogP contribution in [0.1, 0.15) is 62.2 Å². The number of amides is 1. The van der Waals surface area contributed by atoms with Gasteiger partial charge in [-0.25, -0.2) is 8.78 Å². The minimum atomic E-state index is -2.59. The Labute approximate surface area is 129 Å². The smallest absolute Gasteiger partial charge is 0.248 e. The van der Waals surface area contributed by atoms with E-state index in [4.69, 9.17) is 0 Å². The summed E-state index contributed by atoms with van der Waals surface area (Å²) in [5.74, 6) is -2.78. The van der Waals surface area contributed by atoms with Gasteiger partial charge in [-0.2, -0.15) is 5.10 Å². The molecule has 1 aromatic heterocycles. The Balaban J connectivity index is 1.74. The second kappa shape index (κ2) is 5.97. The molecule has 2 fully saturated rings. The Bertz CT molecular complexity index is 533. The molecule has 1 aromatic rings. The second-order valence-electron chi connectivity index (χ2n) is 6.64. The van der Waals surface area contributed by atoms with Crippen molar-refractivity contribution in [2.45, 2.75) is 63.8 Å². The Hall–Kier alpha value is -1.46. The van der Waals surface area contributed by atoms with Gasteiger partial charge < -0.3 is 4.90 Å². The molecule has 0 spiro atoms. The van der Waals surface area contributed by atoms with Crippen LogP contribution in [0.4, 0.5) is 8.78 Å². The van der Waals surface area contributed by atoms with E-state index < -0.39 is 5.92 Å². The quantitative estimate of drug-likeness (QED) is 0.907. The topological polar surface area (TPSA) is 49.0 Å². The summed E-state index contributed by atoms with van der Waals surface area (Å²) in [6, 6.07) is 0.0196. The molecule has 1 N–H and O–H groups in total. The predicted molar refractivity (Wildman–Crippen MR) is 78.5 cm³/mol. The van der Waals surface area contributed by atoms with Crippen molar-refractivity contribution < 1.29 is 13.6 Å². The van der Waals surface area contributed by atoms with Crippen LogP contribution in [-0.4, -0.2) is 33.5 Å². The monoisotopic (exact) mass is 311 g/mol. The summed E-state index contributed by atoms with van der Waals surface area (Å²) < 4.78 is 26.6. The molecule has 1 aliphatic carbocycles. The first-order chi connectivity index (χ1) is 10.5. The zero-order valence-corrected chi connectivity index (χ0v) is 12.9. The maximum atomic E-state index is 13.3. The van der Waals surface area contributed by atoms with E-state index in [9.17, 15) is 13.6 Å². The maximum Gasteiger partial charge on any atom is 0.248 e.